The quantitative estimate of drug-likeness (QED) is 0.266. The molecule has 0 radical (unpaired) electrons. The number of alkyl halides is 3. The molecule has 1 heterocycles. The molecule has 10 nitrogen and oxygen atoms in total. The van der Waals surface area contributed by atoms with Crippen LogP contribution in [0.3, 0.4) is 0 Å². The molecule has 1 saturated carbocycles. The second-order valence-electron chi connectivity index (χ2n) is 11.7. The summed E-state index contributed by atoms with van der Waals surface area (Å²) >= 11 is 6.05. The Hall–Kier alpha value is -3.75. The van der Waals surface area contributed by atoms with Gasteiger partial charge in [-0.3, -0.25) is 19.3 Å². The summed E-state index contributed by atoms with van der Waals surface area (Å²) < 4.78 is 45.3. The first-order valence-corrected chi connectivity index (χ1v) is 15.6. The Morgan fingerprint density at radius 3 is 2.09 bits per heavy atom. The zero-order chi connectivity index (χ0) is 34.9. The van der Waals surface area contributed by atoms with Crippen LogP contribution in [0.15, 0.2) is 48.5 Å². The number of nitrogens with one attached hydrogen (secondary N) is 2. The van der Waals surface area contributed by atoms with Crippen molar-refractivity contribution in [2.75, 3.05) is 26.7 Å². The van der Waals surface area contributed by atoms with Gasteiger partial charge in [0.25, 0.3) is 0 Å². The van der Waals surface area contributed by atoms with Crippen molar-refractivity contribution in [2.45, 2.75) is 75.3 Å². The van der Waals surface area contributed by atoms with Gasteiger partial charge in [0.2, 0.25) is 17.7 Å². The van der Waals surface area contributed by atoms with Crippen LogP contribution in [0, 0.1) is 5.82 Å². The number of nitrogens with zero attached hydrogens (tertiary/aromatic N) is 2. The van der Waals surface area contributed by atoms with E-state index in [2.05, 4.69) is 22.5 Å². The van der Waals surface area contributed by atoms with E-state index >= 15 is 0 Å². The minimum Gasteiger partial charge on any atom is -0.475 e. The molecule has 2 aromatic rings. The van der Waals surface area contributed by atoms with E-state index in [0.717, 1.165) is 24.0 Å². The molecule has 15 heteroatoms. The molecular formula is C32H40ClF4N5O5. The van der Waals surface area contributed by atoms with Gasteiger partial charge in [0.1, 0.15) is 11.9 Å². The zero-order valence-corrected chi connectivity index (χ0v) is 26.9. The van der Waals surface area contributed by atoms with E-state index in [1.165, 1.54) is 12.1 Å². The van der Waals surface area contributed by atoms with Crippen molar-refractivity contribution >= 4 is 35.3 Å². The average Bonchev–Trinajstić information content (AvgIpc) is 3.79. The predicted octanol–water partition coefficient (Wildman–Crippen LogP) is 3.30. The highest BCUT2D eigenvalue weighted by atomic mass is 35.5. The molecule has 47 heavy (non-hydrogen) atoms. The summed E-state index contributed by atoms with van der Waals surface area (Å²) in [6, 6.07) is 12.1. The highest BCUT2D eigenvalue weighted by molar-refractivity contribution is 6.30. The molecule has 2 aliphatic rings. The lowest BCUT2D eigenvalue weighted by Crippen LogP contribution is -2.63. The van der Waals surface area contributed by atoms with E-state index in [0.29, 0.717) is 43.9 Å². The highest BCUT2D eigenvalue weighted by Gasteiger charge is 2.47. The maximum atomic E-state index is 14.0. The van der Waals surface area contributed by atoms with Crippen LogP contribution < -0.4 is 16.4 Å². The minimum absolute atomic E-state index is 0.0795. The number of hydrogen-bond donors (Lipinski definition) is 4. The number of carboxylic acid groups (broad SMARTS) is 1. The smallest absolute Gasteiger partial charge is 0.475 e. The van der Waals surface area contributed by atoms with Crippen LogP contribution in [0.25, 0.3) is 0 Å². The zero-order valence-electron chi connectivity index (χ0n) is 26.2. The van der Waals surface area contributed by atoms with Gasteiger partial charge in [0, 0.05) is 44.2 Å². The first-order valence-electron chi connectivity index (χ1n) is 15.2. The third-order valence-corrected chi connectivity index (χ3v) is 8.44. The lowest BCUT2D eigenvalue weighted by molar-refractivity contribution is -0.192. The molecule has 1 saturated heterocycles. The Bertz CT molecular complexity index is 1390. The van der Waals surface area contributed by atoms with Gasteiger partial charge in [-0.1, -0.05) is 49.2 Å². The van der Waals surface area contributed by atoms with Gasteiger partial charge in [0.05, 0.1) is 11.6 Å². The Kier molecular flexibility index (Phi) is 13.1. The summed E-state index contributed by atoms with van der Waals surface area (Å²) in [5.41, 5.74) is 6.95. The van der Waals surface area contributed by atoms with Crippen molar-refractivity contribution in [1.82, 2.24) is 20.4 Å². The molecule has 3 atom stereocenters. The van der Waals surface area contributed by atoms with Gasteiger partial charge in [0.15, 0.2) is 0 Å². The largest absolute Gasteiger partial charge is 0.490 e. The van der Waals surface area contributed by atoms with Crippen molar-refractivity contribution in [1.29, 1.82) is 0 Å². The first kappa shape index (κ1) is 37.7. The third-order valence-electron chi connectivity index (χ3n) is 8.19. The van der Waals surface area contributed by atoms with Crippen molar-refractivity contribution < 1.29 is 41.8 Å². The number of amides is 3. The molecule has 1 aliphatic heterocycles. The second-order valence-corrected chi connectivity index (χ2v) is 12.2. The fourth-order valence-electron chi connectivity index (χ4n) is 5.35. The Morgan fingerprint density at radius 1 is 1.02 bits per heavy atom. The number of likely N-dealkylation sites (N-methyl/N-ethyl adjacent to an activating group) is 1. The molecule has 0 aromatic heterocycles. The molecule has 3 amide bonds. The topological polar surface area (TPSA) is 145 Å². The van der Waals surface area contributed by atoms with Crippen molar-refractivity contribution in [3.05, 3.63) is 70.5 Å². The Morgan fingerprint density at radius 2 is 1.57 bits per heavy atom. The number of rotatable bonds is 11. The average molecular weight is 686 g/mol. The van der Waals surface area contributed by atoms with E-state index in [9.17, 15) is 31.9 Å². The van der Waals surface area contributed by atoms with Gasteiger partial charge in [-0.2, -0.15) is 13.2 Å². The molecule has 4 rings (SSSR count). The Balaban J connectivity index is 0.000000771. The molecule has 3 unspecified atom stereocenters. The molecule has 5 N–H and O–H groups in total. The number of aliphatic carboxylic acids is 1. The summed E-state index contributed by atoms with van der Waals surface area (Å²) in [7, 11) is 1.63. The fourth-order valence-corrected chi connectivity index (χ4v) is 5.48. The summed E-state index contributed by atoms with van der Waals surface area (Å²) in [5.74, 6) is -3.72. The van der Waals surface area contributed by atoms with Crippen LogP contribution in [0.4, 0.5) is 17.6 Å². The molecule has 0 bridgehead atoms. The molecule has 2 fully saturated rings. The van der Waals surface area contributed by atoms with Crippen molar-refractivity contribution in [2.24, 2.45) is 5.73 Å². The van der Waals surface area contributed by atoms with Gasteiger partial charge in [-0.15, -0.1) is 0 Å². The lowest BCUT2D eigenvalue weighted by Gasteiger charge is -2.45. The van der Waals surface area contributed by atoms with E-state index < -0.39 is 29.8 Å². The van der Waals surface area contributed by atoms with Gasteiger partial charge >= 0.3 is 12.1 Å². The van der Waals surface area contributed by atoms with Gasteiger partial charge in [-0.25, -0.2) is 9.18 Å². The van der Waals surface area contributed by atoms with Crippen LogP contribution in [0.5, 0.6) is 0 Å². The number of carbonyl (C=O) groups excluding carboxylic acids is 3. The number of hydrogen-bond acceptors (Lipinski definition) is 6. The number of piperazine rings is 1. The Labute approximate surface area is 275 Å². The van der Waals surface area contributed by atoms with Gasteiger partial charge in [-0.05, 0) is 61.1 Å². The number of halogens is 5. The third kappa shape index (κ3) is 10.9. The van der Waals surface area contributed by atoms with E-state index in [1.54, 1.807) is 19.2 Å². The van der Waals surface area contributed by atoms with Crippen LogP contribution in [0.2, 0.25) is 5.02 Å². The molecule has 258 valence electrons. The van der Waals surface area contributed by atoms with Crippen molar-refractivity contribution in [3.8, 4) is 0 Å². The summed E-state index contributed by atoms with van der Waals surface area (Å²) in [6.07, 6.45) is -1.56. The number of carboxylic acids is 1. The van der Waals surface area contributed by atoms with E-state index in [1.807, 2.05) is 29.2 Å². The first-order chi connectivity index (χ1) is 22.1. The summed E-state index contributed by atoms with van der Waals surface area (Å²) in [6.45, 7) is 3.52. The van der Waals surface area contributed by atoms with Crippen molar-refractivity contribution in [3.63, 3.8) is 0 Å². The normalized spacial score (nSPS) is 18.6. The summed E-state index contributed by atoms with van der Waals surface area (Å²) in [5, 5.41) is 13.5. The maximum Gasteiger partial charge on any atom is 0.490 e. The van der Waals surface area contributed by atoms with Crippen LogP contribution >= 0.6 is 11.6 Å². The molecule has 0 spiro atoms. The molecular weight excluding hydrogens is 646 g/mol. The van der Waals surface area contributed by atoms with E-state index in [4.69, 9.17) is 27.2 Å². The standard InChI is InChI=1S/C30H39ClFN5O3.C2HF3O2/c1-3-4-24-19-36(26(27(38)34-2)18-21-5-9-22(31)10-6-21)15-16-37(24)28(39)25(35-29(40)30(33)13-14-30)17-20-7-11-23(32)12-8-20;3-2(4,5)1(6)7/h5-12,24-26H,3-4,13-19,33H2,1-2H3,(H,34,38)(H,35,40);(H,6,7). The highest BCUT2D eigenvalue weighted by Crippen LogP contribution is 2.32. The number of benzene rings is 2. The maximum absolute atomic E-state index is 14.0. The van der Waals surface area contributed by atoms with Crippen LogP contribution in [-0.4, -0.2) is 95.1 Å². The monoisotopic (exact) mass is 685 g/mol. The molecule has 2 aromatic carbocycles. The van der Waals surface area contributed by atoms with Crippen LogP contribution in [-0.2, 0) is 32.0 Å². The number of nitrogens with two attached hydrogens (primary N) is 1. The van der Waals surface area contributed by atoms with Gasteiger partial charge < -0.3 is 26.4 Å². The lowest BCUT2D eigenvalue weighted by atomic mass is 9.98. The van der Waals surface area contributed by atoms with E-state index in [-0.39, 0.29) is 36.0 Å². The molecule has 1 aliphatic carbocycles. The summed E-state index contributed by atoms with van der Waals surface area (Å²) in [4.78, 5) is 52.8. The number of carbonyl (C=O) groups is 4. The SMILES string of the molecule is CCCC1CN(C(Cc2ccc(Cl)cc2)C(=O)NC)CCN1C(=O)C(Cc1ccc(F)cc1)NC(=O)C1(N)CC1.O=C(O)C(F)(F)F. The van der Waals surface area contributed by atoms with Crippen LogP contribution in [0.1, 0.15) is 43.7 Å². The predicted molar refractivity (Wildman–Crippen MR) is 167 cm³/mol. The minimum atomic E-state index is -5.08. The second kappa shape index (κ2) is 16.4. The fraction of sp³-hybridized carbons (Fsp3) is 0.500.